The zero-order valence-electron chi connectivity index (χ0n) is 14.9. The van der Waals surface area contributed by atoms with Gasteiger partial charge in [0.1, 0.15) is 6.42 Å². The second-order valence-corrected chi connectivity index (χ2v) is 6.58. The number of benzene rings is 2. The first-order chi connectivity index (χ1) is 12.7. The van der Waals surface area contributed by atoms with E-state index in [1.807, 2.05) is 48.5 Å². The molecule has 136 valence electrons. The molecular formula is C21H25N3O2. The summed E-state index contributed by atoms with van der Waals surface area (Å²) in [6, 6.07) is 20.1. The van der Waals surface area contributed by atoms with Gasteiger partial charge in [0.2, 0.25) is 11.8 Å². The van der Waals surface area contributed by atoms with Gasteiger partial charge in [-0.25, -0.2) is 0 Å². The molecule has 2 aromatic rings. The van der Waals surface area contributed by atoms with Crippen LogP contribution in [0.2, 0.25) is 0 Å². The van der Waals surface area contributed by atoms with Crippen LogP contribution in [0.5, 0.6) is 0 Å². The summed E-state index contributed by atoms with van der Waals surface area (Å²) in [6.45, 7) is 4.39. The van der Waals surface area contributed by atoms with Gasteiger partial charge in [-0.3, -0.25) is 14.5 Å². The van der Waals surface area contributed by atoms with Crippen LogP contribution in [-0.2, 0) is 22.7 Å². The first-order valence-corrected chi connectivity index (χ1v) is 9.05. The number of carbonyl (C=O) groups excluding carboxylic acids is 2. The van der Waals surface area contributed by atoms with Gasteiger partial charge in [0, 0.05) is 39.3 Å². The van der Waals surface area contributed by atoms with Crippen molar-refractivity contribution in [2.24, 2.45) is 0 Å². The predicted octanol–water partition coefficient (Wildman–Crippen LogP) is 2.04. The maximum absolute atomic E-state index is 12.3. The van der Waals surface area contributed by atoms with Crippen LogP contribution in [0, 0.1) is 0 Å². The molecule has 2 aromatic carbocycles. The number of nitrogens with zero attached hydrogens (tertiary/aromatic N) is 2. The van der Waals surface area contributed by atoms with Crippen LogP contribution in [0.3, 0.4) is 0 Å². The van der Waals surface area contributed by atoms with Crippen molar-refractivity contribution >= 4 is 11.8 Å². The Hall–Kier alpha value is -2.66. The summed E-state index contributed by atoms with van der Waals surface area (Å²) in [5, 5.41) is 2.81. The summed E-state index contributed by atoms with van der Waals surface area (Å²) in [5.74, 6) is -0.305. The molecule has 3 rings (SSSR count). The summed E-state index contributed by atoms with van der Waals surface area (Å²) in [7, 11) is 0. The highest BCUT2D eigenvalue weighted by Gasteiger charge is 2.22. The van der Waals surface area contributed by atoms with Crippen LogP contribution in [0.4, 0.5) is 0 Å². The molecule has 0 spiro atoms. The van der Waals surface area contributed by atoms with Crippen molar-refractivity contribution in [2.75, 3.05) is 26.2 Å². The monoisotopic (exact) mass is 351 g/mol. The smallest absolute Gasteiger partial charge is 0.232 e. The van der Waals surface area contributed by atoms with Gasteiger partial charge in [0.15, 0.2) is 0 Å². The van der Waals surface area contributed by atoms with E-state index in [2.05, 4.69) is 22.3 Å². The maximum Gasteiger partial charge on any atom is 0.232 e. The van der Waals surface area contributed by atoms with Crippen LogP contribution in [-0.4, -0.2) is 47.8 Å². The third-order valence-corrected chi connectivity index (χ3v) is 4.62. The lowest BCUT2D eigenvalue weighted by Gasteiger charge is -2.34. The largest absolute Gasteiger partial charge is 0.352 e. The zero-order valence-corrected chi connectivity index (χ0v) is 14.9. The lowest BCUT2D eigenvalue weighted by atomic mass is 10.2. The molecule has 1 N–H and O–H groups in total. The molecule has 0 unspecified atom stereocenters. The van der Waals surface area contributed by atoms with Crippen molar-refractivity contribution in [2.45, 2.75) is 19.5 Å². The minimum Gasteiger partial charge on any atom is -0.352 e. The lowest BCUT2D eigenvalue weighted by molar-refractivity contribution is -0.137. The van der Waals surface area contributed by atoms with Gasteiger partial charge in [-0.2, -0.15) is 0 Å². The standard InChI is InChI=1S/C21H25N3O2/c25-20(22-16-18-7-3-1-4-8-18)15-21(26)24-13-11-23(12-14-24)17-19-9-5-2-6-10-19/h1-10H,11-17H2,(H,22,25). The molecule has 0 saturated carbocycles. The van der Waals surface area contributed by atoms with Gasteiger partial charge in [0.05, 0.1) is 0 Å². The van der Waals surface area contributed by atoms with Gasteiger partial charge >= 0.3 is 0 Å². The Labute approximate surface area is 154 Å². The topological polar surface area (TPSA) is 52.7 Å². The van der Waals surface area contributed by atoms with Crippen molar-refractivity contribution in [3.8, 4) is 0 Å². The van der Waals surface area contributed by atoms with E-state index >= 15 is 0 Å². The van der Waals surface area contributed by atoms with E-state index in [9.17, 15) is 9.59 Å². The Kier molecular flexibility index (Phi) is 6.39. The SMILES string of the molecule is O=C(CC(=O)N1CCN(Cc2ccccc2)CC1)NCc1ccccc1. The summed E-state index contributed by atoms with van der Waals surface area (Å²) >= 11 is 0. The highest BCUT2D eigenvalue weighted by molar-refractivity contribution is 5.96. The normalized spacial score (nSPS) is 14.8. The van der Waals surface area contributed by atoms with E-state index in [0.29, 0.717) is 19.6 Å². The van der Waals surface area contributed by atoms with Gasteiger partial charge in [-0.05, 0) is 11.1 Å². The van der Waals surface area contributed by atoms with Crippen molar-refractivity contribution in [1.82, 2.24) is 15.1 Å². The highest BCUT2D eigenvalue weighted by atomic mass is 16.2. The summed E-state index contributed by atoms with van der Waals surface area (Å²) < 4.78 is 0. The van der Waals surface area contributed by atoms with E-state index in [1.165, 1.54) is 5.56 Å². The van der Waals surface area contributed by atoms with Gasteiger partial charge < -0.3 is 10.2 Å². The second-order valence-electron chi connectivity index (χ2n) is 6.58. The third kappa shape index (κ3) is 5.43. The van der Waals surface area contributed by atoms with Crippen LogP contribution in [0.1, 0.15) is 17.5 Å². The number of piperazine rings is 1. The summed E-state index contributed by atoms with van der Waals surface area (Å²) in [6.07, 6.45) is -0.0779. The number of carbonyl (C=O) groups is 2. The third-order valence-electron chi connectivity index (χ3n) is 4.62. The predicted molar refractivity (Wildman–Crippen MR) is 101 cm³/mol. The molecule has 1 aliphatic heterocycles. The Balaban J connectivity index is 1.38. The number of amides is 2. The van der Waals surface area contributed by atoms with Crippen molar-refractivity contribution < 1.29 is 9.59 Å². The van der Waals surface area contributed by atoms with Gasteiger partial charge in [-0.15, -0.1) is 0 Å². The van der Waals surface area contributed by atoms with Crippen LogP contribution < -0.4 is 5.32 Å². The molecule has 0 bridgehead atoms. The van der Waals surface area contributed by atoms with Crippen molar-refractivity contribution in [3.63, 3.8) is 0 Å². The van der Waals surface area contributed by atoms with Gasteiger partial charge in [0.25, 0.3) is 0 Å². The Bertz CT molecular complexity index is 711. The minimum atomic E-state index is -0.217. The fraction of sp³-hybridized carbons (Fsp3) is 0.333. The molecule has 1 saturated heterocycles. The molecule has 0 radical (unpaired) electrons. The fourth-order valence-corrected chi connectivity index (χ4v) is 3.11. The number of hydrogen-bond donors (Lipinski definition) is 1. The van der Waals surface area contributed by atoms with E-state index in [4.69, 9.17) is 0 Å². The molecule has 0 aliphatic carbocycles. The van der Waals surface area contributed by atoms with E-state index in [1.54, 1.807) is 4.90 Å². The molecule has 0 atom stereocenters. The molecule has 1 aliphatic rings. The van der Waals surface area contributed by atoms with E-state index in [-0.39, 0.29) is 18.2 Å². The Morgan fingerprint density at radius 3 is 2.00 bits per heavy atom. The lowest BCUT2D eigenvalue weighted by Crippen LogP contribution is -2.49. The highest BCUT2D eigenvalue weighted by Crippen LogP contribution is 2.09. The molecule has 5 nitrogen and oxygen atoms in total. The molecule has 5 heteroatoms. The second kappa shape index (κ2) is 9.15. The molecular weight excluding hydrogens is 326 g/mol. The molecule has 1 heterocycles. The van der Waals surface area contributed by atoms with E-state index in [0.717, 1.165) is 25.2 Å². The van der Waals surface area contributed by atoms with Gasteiger partial charge in [-0.1, -0.05) is 60.7 Å². The quantitative estimate of drug-likeness (QED) is 0.811. The number of hydrogen-bond acceptors (Lipinski definition) is 3. The average molecular weight is 351 g/mol. The maximum atomic E-state index is 12.3. The summed E-state index contributed by atoms with van der Waals surface area (Å²) in [5.41, 5.74) is 2.32. The zero-order chi connectivity index (χ0) is 18.2. The molecule has 2 amide bonds. The Morgan fingerprint density at radius 1 is 0.808 bits per heavy atom. The van der Waals surface area contributed by atoms with Crippen molar-refractivity contribution in [1.29, 1.82) is 0 Å². The first-order valence-electron chi connectivity index (χ1n) is 9.05. The summed E-state index contributed by atoms with van der Waals surface area (Å²) in [4.78, 5) is 28.5. The van der Waals surface area contributed by atoms with Crippen LogP contribution >= 0.6 is 0 Å². The molecule has 0 aromatic heterocycles. The fourth-order valence-electron chi connectivity index (χ4n) is 3.11. The molecule has 1 fully saturated rings. The van der Waals surface area contributed by atoms with Crippen LogP contribution in [0.15, 0.2) is 60.7 Å². The van der Waals surface area contributed by atoms with Crippen LogP contribution in [0.25, 0.3) is 0 Å². The first kappa shape index (κ1) is 18.1. The minimum absolute atomic E-state index is 0.0779. The van der Waals surface area contributed by atoms with E-state index < -0.39 is 0 Å². The average Bonchev–Trinajstić information content (AvgIpc) is 2.68. The number of nitrogens with one attached hydrogen (secondary N) is 1. The Morgan fingerprint density at radius 2 is 1.38 bits per heavy atom. The number of rotatable bonds is 6. The molecule has 26 heavy (non-hydrogen) atoms. The van der Waals surface area contributed by atoms with Crippen molar-refractivity contribution in [3.05, 3.63) is 71.8 Å².